The molecule has 2 aromatic carbocycles. The summed E-state index contributed by atoms with van der Waals surface area (Å²) in [6.45, 7) is 1.84. The van der Waals surface area contributed by atoms with Crippen molar-refractivity contribution in [2.24, 2.45) is 0 Å². The SMILES string of the molecule is C[C@H](O)[C@@H](CCSc1ccc2ccccc2c1)n1ccnc1. The van der Waals surface area contributed by atoms with Crippen molar-refractivity contribution in [2.75, 3.05) is 5.75 Å². The summed E-state index contributed by atoms with van der Waals surface area (Å²) in [6.07, 6.45) is 5.97. The number of aliphatic hydroxyl groups excluding tert-OH is 1. The summed E-state index contributed by atoms with van der Waals surface area (Å²) >= 11 is 1.83. The van der Waals surface area contributed by atoms with Crippen molar-refractivity contribution in [2.45, 2.75) is 30.4 Å². The fourth-order valence-corrected chi connectivity index (χ4v) is 3.63. The monoisotopic (exact) mass is 312 g/mol. The number of hydrogen-bond acceptors (Lipinski definition) is 3. The Morgan fingerprint density at radius 1 is 1.18 bits per heavy atom. The van der Waals surface area contributed by atoms with Crippen molar-refractivity contribution in [3.05, 3.63) is 61.2 Å². The molecule has 1 aromatic heterocycles. The van der Waals surface area contributed by atoms with Crippen LogP contribution in [0.1, 0.15) is 19.4 Å². The lowest BCUT2D eigenvalue weighted by Crippen LogP contribution is -2.21. The maximum absolute atomic E-state index is 9.96. The van der Waals surface area contributed by atoms with Gasteiger partial charge in [-0.1, -0.05) is 30.3 Å². The van der Waals surface area contributed by atoms with Gasteiger partial charge in [-0.3, -0.25) is 0 Å². The van der Waals surface area contributed by atoms with E-state index in [1.165, 1.54) is 15.7 Å². The van der Waals surface area contributed by atoms with Gasteiger partial charge in [0.05, 0.1) is 18.5 Å². The Bertz CT molecular complexity index is 725. The second-order valence-electron chi connectivity index (χ2n) is 5.46. The number of nitrogens with zero attached hydrogens (tertiary/aromatic N) is 2. The molecule has 3 aromatic rings. The standard InChI is InChI=1S/C18H20N2OS/c1-14(21)18(20-10-9-19-13-20)8-11-22-17-7-6-15-4-2-3-5-16(15)12-17/h2-7,9-10,12-14,18,21H,8,11H2,1H3/t14-,18+/m0/s1. The third kappa shape index (κ3) is 3.51. The molecule has 1 heterocycles. The smallest absolute Gasteiger partial charge is 0.0949 e. The molecule has 0 fully saturated rings. The van der Waals surface area contributed by atoms with Crippen LogP contribution in [0.5, 0.6) is 0 Å². The Kier molecular flexibility index (Phi) is 4.80. The summed E-state index contributed by atoms with van der Waals surface area (Å²) in [4.78, 5) is 5.34. The lowest BCUT2D eigenvalue weighted by molar-refractivity contribution is 0.128. The van der Waals surface area contributed by atoms with Gasteiger partial charge in [0, 0.05) is 23.0 Å². The molecule has 0 radical (unpaired) electrons. The summed E-state index contributed by atoms with van der Waals surface area (Å²) in [6, 6.07) is 15.0. The number of imidazole rings is 1. The van der Waals surface area contributed by atoms with Crippen molar-refractivity contribution in [1.29, 1.82) is 0 Å². The van der Waals surface area contributed by atoms with Crippen molar-refractivity contribution >= 4 is 22.5 Å². The van der Waals surface area contributed by atoms with Gasteiger partial charge in [0.2, 0.25) is 0 Å². The highest BCUT2D eigenvalue weighted by atomic mass is 32.2. The minimum atomic E-state index is -0.383. The van der Waals surface area contributed by atoms with Crippen molar-refractivity contribution in [3.8, 4) is 0 Å². The minimum Gasteiger partial charge on any atom is -0.391 e. The van der Waals surface area contributed by atoms with Crippen LogP contribution in [-0.4, -0.2) is 26.5 Å². The van der Waals surface area contributed by atoms with E-state index in [4.69, 9.17) is 0 Å². The predicted octanol–water partition coefficient (Wildman–Crippen LogP) is 4.14. The van der Waals surface area contributed by atoms with Crippen LogP contribution in [0.4, 0.5) is 0 Å². The molecule has 0 aliphatic carbocycles. The molecule has 1 N–H and O–H groups in total. The molecule has 0 aliphatic heterocycles. The predicted molar refractivity (Wildman–Crippen MR) is 92.2 cm³/mol. The highest BCUT2D eigenvalue weighted by molar-refractivity contribution is 7.99. The molecule has 22 heavy (non-hydrogen) atoms. The van der Waals surface area contributed by atoms with Gasteiger partial charge < -0.3 is 9.67 Å². The fourth-order valence-electron chi connectivity index (χ4n) is 2.66. The zero-order valence-corrected chi connectivity index (χ0v) is 13.4. The summed E-state index contributed by atoms with van der Waals surface area (Å²) in [5.74, 6) is 0.964. The van der Waals surface area contributed by atoms with Crippen LogP contribution < -0.4 is 0 Å². The van der Waals surface area contributed by atoms with Crippen LogP contribution in [0.2, 0.25) is 0 Å². The molecule has 4 heteroatoms. The molecule has 0 saturated carbocycles. The van der Waals surface area contributed by atoms with E-state index < -0.39 is 0 Å². The van der Waals surface area contributed by atoms with Crippen LogP contribution in [0.15, 0.2) is 66.1 Å². The van der Waals surface area contributed by atoms with E-state index >= 15 is 0 Å². The first-order chi connectivity index (χ1) is 10.7. The molecule has 3 rings (SSSR count). The first kappa shape index (κ1) is 15.1. The fraction of sp³-hybridized carbons (Fsp3) is 0.278. The second kappa shape index (κ2) is 6.99. The third-order valence-electron chi connectivity index (χ3n) is 3.87. The third-order valence-corrected chi connectivity index (χ3v) is 4.90. The summed E-state index contributed by atoms with van der Waals surface area (Å²) in [7, 11) is 0. The van der Waals surface area contributed by atoms with Gasteiger partial charge >= 0.3 is 0 Å². The molecule has 0 bridgehead atoms. The van der Waals surface area contributed by atoms with Gasteiger partial charge in [-0.2, -0.15) is 0 Å². The van der Waals surface area contributed by atoms with Crippen molar-refractivity contribution < 1.29 is 5.11 Å². The molecule has 0 unspecified atom stereocenters. The lowest BCUT2D eigenvalue weighted by Gasteiger charge is -2.21. The number of fused-ring (bicyclic) bond motifs is 1. The molecule has 3 nitrogen and oxygen atoms in total. The highest BCUT2D eigenvalue weighted by Gasteiger charge is 2.16. The van der Waals surface area contributed by atoms with Gasteiger partial charge in [0.1, 0.15) is 0 Å². The number of benzene rings is 2. The largest absolute Gasteiger partial charge is 0.391 e. The van der Waals surface area contributed by atoms with E-state index in [9.17, 15) is 5.11 Å². The van der Waals surface area contributed by atoms with E-state index in [0.717, 1.165) is 12.2 Å². The molecule has 2 atom stereocenters. The lowest BCUT2D eigenvalue weighted by atomic mass is 10.1. The van der Waals surface area contributed by atoms with Gasteiger partial charge in [-0.05, 0) is 36.2 Å². The van der Waals surface area contributed by atoms with E-state index in [-0.39, 0.29) is 12.1 Å². The molecule has 0 amide bonds. The number of thioether (sulfide) groups is 1. The maximum Gasteiger partial charge on any atom is 0.0949 e. The summed E-state index contributed by atoms with van der Waals surface area (Å²) in [5, 5.41) is 12.5. The van der Waals surface area contributed by atoms with Gasteiger partial charge in [0.25, 0.3) is 0 Å². The quantitative estimate of drug-likeness (QED) is 0.695. The molecule has 114 valence electrons. The molecular weight excluding hydrogens is 292 g/mol. The van der Waals surface area contributed by atoms with Crippen LogP contribution in [0.25, 0.3) is 10.8 Å². The van der Waals surface area contributed by atoms with Crippen LogP contribution in [0, 0.1) is 0 Å². The molecular formula is C18H20N2OS. The van der Waals surface area contributed by atoms with E-state index in [0.29, 0.717) is 0 Å². The minimum absolute atomic E-state index is 0.0791. The number of rotatable bonds is 6. The Hall–Kier alpha value is -1.78. The number of aliphatic hydroxyl groups is 1. The maximum atomic E-state index is 9.96. The summed E-state index contributed by atoms with van der Waals surface area (Å²) < 4.78 is 1.99. The highest BCUT2D eigenvalue weighted by Crippen LogP contribution is 2.26. The zero-order chi connectivity index (χ0) is 15.4. The Morgan fingerprint density at radius 2 is 2.00 bits per heavy atom. The second-order valence-corrected chi connectivity index (χ2v) is 6.63. The van der Waals surface area contributed by atoms with E-state index in [1.807, 2.05) is 29.4 Å². The Morgan fingerprint density at radius 3 is 2.73 bits per heavy atom. The number of hydrogen-bond donors (Lipinski definition) is 1. The summed E-state index contributed by atoms with van der Waals surface area (Å²) in [5.41, 5.74) is 0. The average molecular weight is 312 g/mol. The first-order valence-corrected chi connectivity index (χ1v) is 8.50. The Labute approximate surface area is 135 Å². The Balaban J connectivity index is 1.63. The van der Waals surface area contributed by atoms with E-state index in [1.54, 1.807) is 12.5 Å². The van der Waals surface area contributed by atoms with Crippen LogP contribution >= 0.6 is 11.8 Å². The van der Waals surface area contributed by atoms with Crippen LogP contribution in [0.3, 0.4) is 0 Å². The van der Waals surface area contributed by atoms with E-state index in [2.05, 4.69) is 47.4 Å². The van der Waals surface area contributed by atoms with Gasteiger partial charge in [0.15, 0.2) is 0 Å². The molecule has 0 saturated heterocycles. The first-order valence-electron chi connectivity index (χ1n) is 7.51. The average Bonchev–Trinajstić information content (AvgIpc) is 3.05. The normalized spacial score (nSPS) is 14.1. The van der Waals surface area contributed by atoms with Gasteiger partial charge in [-0.15, -0.1) is 11.8 Å². The van der Waals surface area contributed by atoms with Gasteiger partial charge in [-0.25, -0.2) is 4.98 Å². The molecule has 0 aliphatic rings. The molecule has 0 spiro atoms. The zero-order valence-electron chi connectivity index (χ0n) is 12.6. The van der Waals surface area contributed by atoms with Crippen LogP contribution in [-0.2, 0) is 0 Å². The van der Waals surface area contributed by atoms with Crippen molar-refractivity contribution in [3.63, 3.8) is 0 Å². The topological polar surface area (TPSA) is 38.0 Å². The van der Waals surface area contributed by atoms with Crippen molar-refractivity contribution in [1.82, 2.24) is 9.55 Å². The number of aromatic nitrogens is 2.